The number of likely N-dealkylation sites (tertiary alicyclic amines) is 1. The number of hydrogen-bond donors (Lipinski definition) is 2. The minimum absolute atomic E-state index is 0.0746. The average molecular weight is 229 g/mol. The van der Waals surface area contributed by atoms with Crippen LogP contribution in [0.2, 0.25) is 0 Å². The fraction of sp³-hybridized carbons (Fsp3) is 0.818. The lowest BCUT2D eigenvalue weighted by Gasteiger charge is -2.44. The standard InChI is InChI=1S/C11H19NO4/c1-3-8-5-6-12(10(15)16)7-11(8,4-2)9(13)14/h8H,3-7H2,1-2H3,(H,13,14)(H,15,16). The van der Waals surface area contributed by atoms with Crippen LogP contribution in [0.4, 0.5) is 4.79 Å². The van der Waals surface area contributed by atoms with Crippen molar-refractivity contribution in [3.8, 4) is 0 Å². The van der Waals surface area contributed by atoms with Gasteiger partial charge in [0.25, 0.3) is 0 Å². The molecule has 2 N–H and O–H groups in total. The zero-order valence-corrected chi connectivity index (χ0v) is 9.77. The van der Waals surface area contributed by atoms with E-state index in [2.05, 4.69) is 0 Å². The monoisotopic (exact) mass is 229 g/mol. The molecule has 1 fully saturated rings. The molecular formula is C11H19NO4. The average Bonchev–Trinajstić information content (AvgIpc) is 2.27. The number of carboxylic acid groups (broad SMARTS) is 2. The van der Waals surface area contributed by atoms with Crippen LogP contribution in [0.3, 0.4) is 0 Å². The second-order valence-electron chi connectivity index (χ2n) is 4.41. The van der Waals surface area contributed by atoms with E-state index in [-0.39, 0.29) is 12.5 Å². The number of piperidine rings is 1. The molecule has 1 aliphatic heterocycles. The molecule has 2 atom stereocenters. The van der Waals surface area contributed by atoms with Crippen molar-refractivity contribution in [2.45, 2.75) is 33.1 Å². The van der Waals surface area contributed by atoms with Crippen LogP contribution >= 0.6 is 0 Å². The Bertz CT molecular complexity index is 292. The lowest BCUT2D eigenvalue weighted by molar-refractivity contribution is -0.157. The van der Waals surface area contributed by atoms with Crippen LogP contribution in [0.15, 0.2) is 0 Å². The summed E-state index contributed by atoms with van der Waals surface area (Å²) in [4.78, 5) is 23.6. The largest absolute Gasteiger partial charge is 0.481 e. The highest BCUT2D eigenvalue weighted by Gasteiger charge is 2.48. The SMILES string of the molecule is CCC1CCN(C(=O)O)CC1(CC)C(=O)O. The third-order valence-corrected chi connectivity index (χ3v) is 3.82. The summed E-state index contributed by atoms with van der Waals surface area (Å²) in [6, 6.07) is 0. The molecule has 2 unspecified atom stereocenters. The summed E-state index contributed by atoms with van der Waals surface area (Å²) in [5.74, 6) is -0.793. The van der Waals surface area contributed by atoms with E-state index in [4.69, 9.17) is 5.11 Å². The second kappa shape index (κ2) is 4.72. The number of hydrogen-bond acceptors (Lipinski definition) is 2. The molecule has 0 aliphatic carbocycles. The van der Waals surface area contributed by atoms with E-state index in [1.54, 1.807) is 0 Å². The van der Waals surface area contributed by atoms with Crippen LogP contribution in [-0.4, -0.2) is 40.3 Å². The maximum atomic E-state index is 11.4. The molecule has 16 heavy (non-hydrogen) atoms. The molecule has 5 heteroatoms. The molecule has 0 aromatic carbocycles. The van der Waals surface area contributed by atoms with Crippen LogP contribution in [0.25, 0.3) is 0 Å². The van der Waals surface area contributed by atoms with Crippen molar-refractivity contribution >= 4 is 12.1 Å². The Balaban J connectivity index is 2.97. The van der Waals surface area contributed by atoms with E-state index in [1.165, 1.54) is 4.90 Å². The van der Waals surface area contributed by atoms with Gasteiger partial charge in [-0.2, -0.15) is 0 Å². The molecule has 1 heterocycles. The molecule has 0 aromatic heterocycles. The van der Waals surface area contributed by atoms with Gasteiger partial charge in [-0.05, 0) is 18.8 Å². The first-order valence-corrected chi connectivity index (χ1v) is 5.69. The molecule has 1 amide bonds. The third-order valence-electron chi connectivity index (χ3n) is 3.82. The summed E-state index contributed by atoms with van der Waals surface area (Å²) in [7, 11) is 0. The summed E-state index contributed by atoms with van der Waals surface area (Å²) in [6.45, 7) is 4.35. The van der Waals surface area contributed by atoms with Crippen LogP contribution in [0.1, 0.15) is 33.1 Å². The topological polar surface area (TPSA) is 77.8 Å². The quantitative estimate of drug-likeness (QED) is 0.774. The molecule has 1 rings (SSSR count). The summed E-state index contributed by atoms with van der Waals surface area (Å²) in [5, 5.41) is 18.3. The summed E-state index contributed by atoms with van der Waals surface area (Å²) in [5.41, 5.74) is -0.897. The molecule has 5 nitrogen and oxygen atoms in total. The van der Waals surface area contributed by atoms with Crippen molar-refractivity contribution in [3.63, 3.8) is 0 Å². The van der Waals surface area contributed by atoms with E-state index in [1.807, 2.05) is 13.8 Å². The Kier molecular flexibility index (Phi) is 3.78. The van der Waals surface area contributed by atoms with Crippen molar-refractivity contribution in [2.75, 3.05) is 13.1 Å². The predicted octanol–water partition coefficient (Wildman–Crippen LogP) is 1.88. The molecule has 0 spiro atoms. The molecule has 92 valence electrons. The van der Waals surface area contributed by atoms with Crippen molar-refractivity contribution in [1.29, 1.82) is 0 Å². The van der Waals surface area contributed by atoms with Crippen molar-refractivity contribution in [2.24, 2.45) is 11.3 Å². The van der Waals surface area contributed by atoms with Gasteiger partial charge in [-0.25, -0.2) is 4.79 Å². The predicted molar refractivity (Wildman–Crippen MR) is 58.4 cm³/mol. The van der Waals surface area contributed by atoms with E-state index in [0.717, 1.165) is 6.42 Å². The fourth-order valence-electron chi connectivity index (χ4n) is 2.69. The Morgan fingerprint density at radius 1 is 1.38 bits per heavy atom. The minimum atomic E-state index is -1.02. The van der Waals surface area contributed by atoms with Gasteiger partial charge in [-0.3, -0.25) is 4.79 Å². The number of rotatable bonds is 3. The molecular weight excluding hydrogens is 210 g/mol. The molecule has 0 aromatic rings. The molecule has 0 saturated carbocycles. The Morgan fingerprint density at radius 2 is 2.00 bits per heavy atom. The van der Waals surface area contributed by atoms with Crippen molar-refractivity contribution < 1.29 is 19.8 Å². The first-order chi connectivity index (χ1) is 7.47. The number of carbonyl (C=O) groups is 2. The highest BCUT2D eigenvalue weighted by atomic mass is 16.4. The summed E-state index contributed by atoms with van der Waals surface area (Å²) >= 11 is 0. The maximum Gasteiger partial charge on any atom is 0.407 e. The van der Waals surface area contributed by atoms with Gasteiger partial charge in [0.15, 0.2) is 0 Å². The van der Waals surface area contributed by atoms with E-state index >= 15 is 0 Å². The van der Waals surface area contributed by atoms with Gasteiger partial charge in [0.05, 0.1) is 5.41 Å². The Labute approximate surface area is 95.1 Å². The lowest BCUT2D eigenvalue weighted by atomic mass is 9.68. The lowest BCUT2D eigenvalue weighted by Crippen LogP contribution is -2.54. The van der Waals surface area contributed by atoms with Crippen molar-refractivity contribution in [3.05, 3.63) is 0 Å². The number of aliphatic carboxylic acids is 1. The van der Waals surface area contributed by atoms with E-state index in [9.17, 15) is 14.7 Å². The fourth-order valence-corrected chi connectivity index (χ4v) is 2.69. The smallest absolute Gasteiger partial charge is 0.407 e. The zero-order valence-electron chi connectivity index (χ0n) is 9.77. The normalized spacial score (nSPS) is 30.1. The highest BCUT2D eigenvalue weighted by Crippen LogP contribution is 2.40. The van der Waals surface area contributed by atoms with E-state index in [0.29, 0.717) is 19.4 Å². The maximum absolute atomic E-state index is 11.4. The van der Waals surface area contributed by atoms with Crippen LogP contribution in [0, 0.1) is 11.3 Å². The molecule has 0 bridgehead atoms. The zero-order chi connectivity index (χ0) is 12.3. The number of nitrogens with zero attached hydrogens (tertiary/aromatic N) is 1. The minimum Gasteiger partial charge on any atom is -0.481 e. The van der Waals surface area contributed by atoms with Crippen LogP contribution in [0.5, 0.6) is 0 Å². The molecule has 0 radical (unpaired) electrons. The van der Waals surface area contributed by atoms with Gasteiger partial charge >= 0.3 is 12.1 Å². The summed E-state index contributed by atoms with van der Waals surface area (Å²) in [6.07, 6.45) is 0.884. The number of carboxylic acids is 1. The van der Waals surface area contributed by atoms with Crippen LogP contribution in [-0.2, 0) is 4.79 Å². The van der Waals surface area contributed by atoms with Gasteiger partial charge in [0.2, 0.25) is 0 Å². The van der Waals surface area contributed by atoms with Crippen LogP contribution < -0.4 is 0 Å². The Morgan fingerprint density at radius 3 is 2.38 bits per heavy atom. The van der Waals surface area contributed by atoms with Gasteiger partial charge < -0.3 is 15.1 Å². The van der Waals surface area contributed by atoms with Gasteiger partial charge in [-0.1, -0.05) is 20.3 Å². The van der Waals surface area contributed by atoms with Gasteiger partial charge in [0, 0.05) is 13.1 Å². The van der Waals surface area contributed by atoms with Gasteiger partial charge in [0.1, 0.15) is 0 Å². The van der Waals surface area contributed by atoms with Gasteiger partial charge in [-0.15, -0.1) is 0 Å². The second-order valence-corrected chi connectivity index (χ2v) is 4.41. The van der Waals surface area contributed by atoms with Crippen molar-refractivity contribution in [1.82, 2.24) is 4.90 Å². The first-order valence-electron chi connectivity index (χ1n) is 5.69. The third kappa shape index (κ3) is 1.99. The first kappa shape index (κ1) is 12.8. The number of amides is 1. The Hall–Kier alpha value is -1.26. The summed E-state index contributed by atoms with van der Waals surface area (Å²) < 4.78 is 0. The molecule has 1 saturated heterocycles. The van der Waals surface area contributed by atoms with E-state index < -0.39 is 17.5 Å². The highest BCUT2D eigenvalue weighted by molar-refractivity contribution is 5.77. The molecule has 1 aliphatic rings.